The van der Waals surface area contributed by atoms with Crippen LogP contribution < -0.4 is 4.90 Å². The molecule has 1 aliphatic carbocycles. The summed E-state index contributed by atoms with van der Waals surface area (Å²) < 4.78 is 5.90. The second-order valence-corrected chi connectivity index (χ2v) is 6.99. The highest BCUT2D eigenvalue weighted by Crippen LogP contribution is 2.26. The van der Waals surface area contributed by atoms with Crippen molar-refractivity contribution in [1.29, 1.82) is 5.26 Å². The lowest BCUT2D eigenvalue weighted by Gasteiger charge is -2.36. The molecule has 0 N–H and O–H groups in total. The van der Waals surface area contributed by atoms with Gasteiger partial charge in [0.15, 0.2) is 0 Å². The number of piperazine rings is 1. The van der Waals surface area contributed by atoms with Crippen molar-refractivity contribution >= 4 is 11.7 Å². The Kier molecular flexibility index (Phi) is 5.87. The zero-order chi connectivity index (χ0) is 17.6. The monoisotopic (exact) mass is 342 g/mol. The van der Waals surface area contributed by atoms with E-state index in [1.807, 2.05) is 4.90 Å². The van der Waals surface area contributed by atoms with Crippen molar-refractivity contribution in [3.05, 3.63) is 23.9 Å². The average Bonchev–Trinajstić information content (AvgIpc) is 2.67. The molecule has 1 saturated carbocycles. The number of carbonyl (C=O) groups excluding carboxylic acids is 1. The highest BCUT2D eigenvalue weighted by Gasteiger charge is 2.26. The maximum Gasteiger partial charge on any atom is 0.248 e. The first-order valence-electron chi connectivity index (χ1n) is 9.18. The molecule has 3 rings (SSSR count). The summed E-state index contributed by atoms with van der Waals surface area (Å²) in [5.74, 6) is 1.44. The van der Waals surface area contributed by atoms with Crippen LogP contribution in [0.5, 0.6) is 0 Å². The molecule has 1 saturated heterocycles. The number of pyridine rings is 1. The van der Waals surface area contributed by atoms with E-state index in [1.165, 1.54) is 19.3 Å². The molecule has 25 heavy (non-hydrogen) atoms. The van der Waals surface area contributed by atoms with Crippen molar-refractivity contribution < 1.29 is 9.53 Å². The molecule has 1 aromatic rings. The average molecular weight is 342 g/mol. The second kappa shape index (κ2) is 8.30. The van der Waals surface area contributed by atoms with Crippen LogP contribution in [0.2, 0.25) is 0 Å². The number of anilines is 1. The van der Waals surface area contributed by atoms with Gasteiger partial charge in [0.1, 0.15) is 12.4 Å². The highest BCUT2D eigenvalue weighted by atomic mass is 16.5. The molecule has 2 atom stereocenters. The first-order chi connectivity index (χ1) is 12.2. The Labute approximate surface area is 149 Å². The highest BCUT2D eigenvalue weighted by molar-refractivity contribution is 5.77. The van der Waals surface area contributed by atoms with Crippen LogP contribution in [0.15, 0.2) is 18.3 Å². The van der Waals surface area contributed by atoms with Gasteiger partial charge >= 0.3 is 0 Å². The summed E-state index contributed by atoms with van der Waals surface area (Å²) in [6, 6.07) is 5.64. The summed E-state index contributed by atoms with van der Waals surface area (Å²) in [6.07, 6.45) is 6.64. The number of nitrogens with zero attached hydrogens (tertiary/aromatic N) is 4. The predicted molar refractivity (Wildman–Crippen MR) is 95.1 cm³/mol. The molecule has 0 bridgehead atoms. The van der Waals surface area contributed by atoms with E-state index in [9.17, 15) is 4.79 Å². The van der Waals surface area contributed by atoms with E-state index in [0.717, 1.165) is 25.3 Å². The Balaban J connectivity index is 1.46. The Morgan fingerprint density at radius 2 is 2.08 bits per heavy atom. The molecule has 2 fully saturated rings. The molecule has 2 aliphatic rings. The number of hydrogen-bond acceptors (Lipinski definition) is 5. The second-order valence-electron chi connectivity index (χ2n) is 6.99. The molecule has 6 nitrogen and oxygen atoms in total. The smallest absolute Gasteiger partial charge is 0.248 e. The van der Waals surface area contributed by atoms with Gasteiger partial charge in [-0.05, 0) is 30.9 Å². The van der Waals surface area contributed by atoms with E-state index in [4.69, 9.17) is 10.00 Å². The van der Waals surface area contributed by atoms with Crippen LogP contribution in [-0.4, -0.2) is 54.7 Å². The largest absolute Gasteiger partial charge is 0.368 e. The van der Waals surface area contributed by atoms with Crippen molar-refractivity contribution in [2.45, 2.75) is 38.7 Å². The zero-order valence-corrected chi connectivity index (χ0v) is 14.9. The third kappa shape index (κ3) is 4.49. The normalized spacial score (nSPS) is 24.0. The number of nitriles is 1. The summed E-state index contributed by atoms with van der Waals surface area (Å²) in [4.78, 5) is 20.7. The Morgan fingerprint density at radius 1 is 1.32 bits per heavy atom. The topological polar surface area (TPSA) is 69.5 Å². The lowest BCUT2D eigenvalue weighted by Crippen LogP contribution is -2.50. The molecule has 1 aliphatic heterocycles. The minimum absolute atomic E-state index is 0.0798. The van der Waals surface area contributed by atoms with Crippen LogP contribution in [0, 0.1) is 17.2 Å². The zero-order valence-electron chi connectivity index (χ0n) is 14.9. The van der Waals surface area contributed by atoms with E-state index in [1.54, 1.807) is 18.3 Å². The molecule has 0 spiro atoms. The molecule has 1 amide bonds. The first-order valence-corrected chi connectivity index (χ1v) is 9.18. The lowest BCUT2D eigenvalue weighted by molar-refractivity contribution is -0.140. The fourth-order valence-electron chi connectivity index (χ4n) is 3.65. The summed E-state index contributed by atoms with van der Waals surface area (Å²) in [5.41, 5.74) is 0.610. The van der Waals surface area contributed by atoms with Gasteiger partial charge in [0.05, 0.1) is 17.7 Å². The lowest BCUT2D eigenvalue weighted by atomic mass is 9.88. The summed E-state index contributed by atoms with van der Waals surface area (Å²) in [5, 5.41) is 9.00. The Hall–Kier alpha value is -2.13. The van der Waals surface area contributed by atoms with Gasteiger partial charge in [-0.2, -0.15) is 5.26 Å². The van der Waals surface area contributed by atoms with Crippen LogP contribution in [0.1, 0.15) is 38.2 Å². The van der Waals surface area contributed by atoms with Gasteiger partial charge in [-0.15, -0.1) is 0 Å². The standard InChI is InChI=1S/C19H26N4O2/c1-15-4-2-3-5-17(15)25-14-19(24)23-10-8-22(9-11-23)18-12-16(13-20)6-7-21-18/h6-7,12,15,17H,2-5,8-11,14H2,1H3/t15-,17+/m0/s1. The number of ether oxygens (including phenoxy) is 1. The van der Waals surface area contributed by atoms with Crippen LogP contribution in [0.4, 0.5) is 5.82 Å². The van der Waals surface area contributed by atoms with Crippen LogP contribution in [0.25, 0.3) is 0 Å². The van der Waals surface area contributed by atoms with Gasteiger partial charge in [-0.1, -0.05) is 19.8 Å². The van der Waals surface area contributed by atoms with E-state index >= 15 is 0 Å². The maximum atomic E-state index is 12.4. The van der Waals surface area contributed by atoms with E-state index in [2.05, 4.69) is 22.9 Å². The molecule has 2 heterocycles. The van der Waals surface area contributed by atoms with Crippen molar-refractivity contribution in [2.24, 2.45) is 5.92 Å². The van der Waals surface area contributed by atoms with Crippen LogP contribution in [-0.2, 0) is 9.53 Å². The van der Waals surface area contributed by atoms with E-state index < -0.39 is 0 Å². The quantitative estimate of drug-likeness (QED) is 0.839. The van der Waals surface area contributed by atoms with Gasteiger partial charge in [-0.3, -0.25) is 4.79 Å². The molecule has 1 aromatic heterocycles. The van der Waals surface area contributed by atoms with Gasteiger partial charge in [-0.25, -0.2) is 4.98 Å². The van der Waals surface area contributed by atoms with Crippen LogP contribution in [0.3, 0.4) is 0 Å². The van der Waals surface area contributed by atoms with Gasteiger partial charge in [0, 0.05) is 32.4 Å². The first kappa shape index (κ1) is 17.7. The molecule has 0 radical (unpaired) electrons. The SMILES string of the molecule is C[C@H]1CCCC[C@H]1OCC(=O)N1CCN(c2cc(C#N)ccn2)CC1. The number of hydrogen-bond donors (Lipinski definition) is 0. The van der Waals surface area contributed by atoms with Crippen molar-refractivity contribution in [3.8, 4) is 6.07 Å². The number of carbonyl (C=O) groups is 1. The van der Waals surface area contributed by atoms with Crippen molar-refractivity contribution in [1.82, 2.24) is 9.88 Å². The van der Waals surface area contributed by atoms with Gasteiger partial charge < -0.3 is 14.5 Å². The third-order valence-electron chi connectivity index (χ3n) is 5.28. The van der Waals surface area contributed by atoms with Crippen LogP contribution >= 0.6 is 0 Å². The number of aromatic nitrogens is 1. The summed E-state index contributed by atoms with van der Waals surface area (Å²) in [6.45, 7) is 5.20. The van der Waals surface area contributed by atoms with Gasteiger partial charge in [0.25, 0.3) is 0 Å². The molecule has 6 heteroatoms. The summed E-state index contributed by atoms with van der Waals surface area (Å²) in [7, 11) is 0. The van der Waals surface area contributed by atoms with Gasteiger partial charge in [0.2, 0.25) is 5.91 Å². The summed E-state index contributed by atoms with van der Waals surface area (Å²) >= 11 is 0. The fourth-order valence-corrected chi connectivity index (χ4v) is 3.65. The minimum Gasteiger partial charge on any atom is -0.368 e. The van der Waals surface area contributed by atoms with Crippen molar-refractivity contribution in [2.75, 3.05) is 37.7 Å². The molecular weight excluding hydrogens is 316 g/mol. The molecular formula is C19H26N4O2. The fraction of sp³-hybridized carbons (Fsp3) is 0.632. The Bertz CT molecular complexity index is 635. The predicted octanol–water partition coefficient (Wildman–Crippen LogP) is 2.20. The Morgan fingerprint density at radius 3 is 2.80 bits per heavy atom. The minimum atomic E-state index is 0.0798. The molecule has 0 aromatic carbocycles. The van der Waals surface area contributed by atoms with E-state index in [0.29, 0.717) is 24.6 Å². The van der Waals surface area contributed by atoms with Crippen molar-refractivity contribution in [3.63, 3.8) is 0 Å². The molecule has 0 unspecified atom stereocenters. The number of amides is 1. The van der Waals surface area contributed by atoms with E-state index in [-0.39, 0.29) is 18.6 Å². The molecule has 134 valence electrons. The third-order valence-corrected chi connectivity index (χ3v) is 5.28. The maximum absolute atomic E-state index is 12.4. The number of rotatable bonds is 4.